The molecular formula is C28H42N2O2S. The minimum absolute atomic E-state index is 0.0112. The van der Waals surface area contributed by atoms with E-state index < -0.39 is 10.0 Å². The van der Waals surface area contributed by atoms with Gasteiger partial charge in [0.25, 0.3) is 0 Å². The van der Waals surface area contributed by atoms with Crippen molar-refractivity contribution in [1.82, 2.24) is 4.57 Å². The third-order valence-corrected chi connectivity index (χ3v) is 9.43. The molecule has 1 aromatic carbocycles. The van der Waals surface area contributed by atoms with E-state index in [1.807, 2.05) is 13.0 Å². The van der Waals surface area contributed by atoms with Crippen molar-refractivity contribution in [3.8, 4) is 11.3 Å². The van der Waals surface area contributed by atoms with Crippen LogP contribution >= 0.6 is 0 Å². The highest BCUT2D eigenvalue weighted by Crippen LogP contribution is 2.53. The summed E-state index contributed by atoms with van der Waals surface area (Å²) in [5.74, 6) is 0.592. The van der Waals surface area contributed by atoms with Crippen molar-refractivity contribution in [2.45, 2.75) is 115 Å². The summed E-state index contributed by atoms with van der Waals surface area (Å²) in [4.78, 5) is 0.268. The number of nitrogens with zero attached hydrogens (tertiary/aromatic N) is 1. The molecule has 4 rings (SSSR count). The van der Waals surface area contributed by atoms with Crippen molar-refractivity contribution in [2.24, 2.45) is 11.1 Å². The quantitative estimate of drug-likeness (QED) is 0.508. The molecule has 1 heterocycles. The largest absolute Gasteiger partial charge is 0.343 e. The van der Waals surface area contributed by atoms with E-state index in [4.69, 9.17) is 5.14 Å². The Labute approximate surface area is 201 Å². The Morgan fingerprint density at radius 2 is 1.70 bits per heavy atom. The van der Waals surface area contributed by atoms with Gasteiger partial charge < -0.3 is 4.57 Å². The van der Waals surface area contributed by atoms with Crippen LogP contribution in [0, 0.1) is 19.8 Å². The highest BCUT2D eigenvalue weighted by molar-refractivity contribution is 7.89. The van der Waals surface area contributed by atoms with Crippen molar-refractivity contribution in [1.29, 1.82) is 0 Å². The van der Waals surface area contributed by atoms with Gasteiger partial charge in [-0.05, 0) is 103 Å². The van der Waals surface area contributed by atoms with Crippen LogP contribution in [0.1, 0.15) is 101 Å². The van der Waals surface area contributed by atoms with Crippen molar-refractivity contribution in [2.75, 3.05) is 0 Å². The molecule has 33 heavy (non-hydrogen) atoms. The number of rotatable bonds is 6. The monoisotopic (exact) mass is 470 g/mol. The Kier molecular flexibility index (Phi) is 6.37. The topological polar surface area (TPSA) is 65.1 Å². The van der Waals surface area contributed by atoms with Gasteiger partial charge in [0.2, 0.25) is 10.0 Å². The summed E-state index contributed by atoms with van der Waals surface area (Å²) in [5, 5.41) is 5.66. The predicted molar refractivity (Wildman–Crippen MR) is 137 cm³/mol. The summed E-state index contributed by atoms with van der Waals surface area (Å²) < 4.78 is 27.2. The van der Waals surface area contributed by atoms with Gasteiger partial charge in [0.05, 0.1) is 0 Å². The second kappa shape index (κ2) is 8.57. The summed E-state index contributed by atoms with van der Waals surface area (Å²) in [6, 6.07) is 6.50. The van der Waals surface area contributed by atoms with Crippen LogP contribution < -0.4 is 5.14 Å². The lowest BCUT2D eigenvalue weighted by Crippen LogP contribution is -2.19. The van der Waals surface area contributed by atoms with Gasteiger partial charge in [0, 0.05) is 17.9 Å². The Bertz CT molecular complexity index is 1140. The first-order valence-corrected chi connectivity index (χ1v) is 14.3. The maximum Gasteiger partial charge on any atom is 0.239 e. The molecule has 0 amide bonds. The van der Waals surface area contributed by atoms with Crippen LogP contribution in [0.4, 0.5) is 0 Å². The van der Waals surface area contributed by atoms with Gasteiger partial charge in [-0.3, -0.25) is 0 Å². The molecule has 0 spiro atoms. The van der Waals surface area contributed by atoms with Crippen molar-refractivity contribution in [3.05, 3.63) is 40.6 Å². The second-order valence-corrected chi connectivity index (χ2v) is 13.2. The van der Waals surface area contributed by atoms with Crippen LogP contribution in [-0.2, 0) is 27.4 Å². The molecule has 182 valence electrons. The van der Waals surface area contributed by atoms with Crippen molar-refractivity contribution >= 4 is 10.0 Å². The average Bonchev–Trinajstić information content (AvgIpc) is 3.46. The summed E-state index contributed by atoms with van der Waals surface area (Å²) >= 11 is 0. The zero-order valence-corrected chi connectivity index (χ0v) is 22.2. The zero-order valence-electron chi connectivity index (χ0n) is 21.4. The van der Waals surface area contributed by atoms with E-state index in [2.05, 4.69) is 51.3 Å². The summed E-state index contributed by atoms with van der Waals surface area (Å²) in [6.45, 7) is 14.2. The number of hydrogen-bond donors (Lipinski definition) is 1. The zero-order chi connectivity index (χ0) is 24.2. The maximum absolute atomic E-state index is 12.5. The van der Waals surface area contributed by atoms with Crippen LogP contribution in [0.2, 0.25) is 0 Å². The van der Waals surface area contributed by atoms with E-state index in [0.717, 1.165) is 29.9 Å². The van der Waals surface area contributed by atoms with Gasteiger partial charge in [-0.25, -0.2) is 13.6 Å². The van der Waals surface area contributed by atoms with E-state index in [-0.39, 0.29) is 15.7 Å². The normalized spacial score (nSPS) is 19.1. The number of aromatic nitrogens is 1. The van der Waals surface area contributed by atoms with Crippen molar-refractivity contribution < 1.29 is 8.42 Å². The van der Waals surface area contributed by atoms with Crippen LogP contribution in [-0.4, -0.2) is 13.0 Å². The van der Waals surface area contributed by atoms with E-state index in [1.165, 1.54) is 61.6 Å². The van der Waals surface area contributed by atoms with E-state index in [0.29, 0.717) is 5.92 Å². The summed E-state index contributed by atoms with van der Waals surface area (Å²) in [5.41, 5.74) is 7.40. The lowest BCUT2D eigenvalue weighted by molar-refractivity contribution is 0.318. The van der Waals surface area contributed by atoms with Crippen LogP contribution in [0.25, 0.3) is 11.3 Å². The minimum Gasteiger partial charge on any atom is -0.343 e. The number of benzene rings is 1. The highest BCUT2D eigenvalue weighted by atomic mass is 32.2. The first kappa shape index (κ1) is 24.5. The lowest BCUT2D eigenvalue weighted by Gasteiger charge is -2.29. The average molecular weight is 471 g/mol. The van der Waals surface area contributed by atoms with Gasteiger partial charge in [-0.15, -0.1) is 0 Å². The van der Waals surface area contributed by atoms with Gasteiger partial charge in [-0.2, -0.15) is 0 Å². The van der Waals surface area contributed by atoms with Crippen LogP contribution in [0.3, 0.4) is 0 Å². The highest BCUT2D eigenvalue weighted by Gasteiger charge is 2.44. The van der Waals surface area contributed by atoms with Gasteiger partial charge in [0.1, 0.15) is 4.90 Å². The first-order chi connectivity index (χ1) is 15.4. The SMILES string of the molecule is CCC1(c2cc(-c3cc(S(N)(=O)=O)c(C)n3CC3CCCCC3)cc(C(C)(C)C)c2C)CC1. The number of nitrogens with two attached hydrogens (primary N) is 1. The number of primary sulfonamides is 1. The molecule has 2 N–H and O–H groups in total. The Morgan fingerprint density at radius 3 is 2.21 bits per heavy atom. The summed E-state index contributed by atoms with van der Waals surface area (Å²) in [6.07, 6.45) is 9.90. The van der Waals surface area contributed by atoms with Crippen LogP contribution in [0.5, 0.6) is 0 Å². The van der Waals surface area contributed by atoms with E-state index in [9.17, 15) is 8.42 Å². The van der Waals surface area contributed by atoms with Gasteiger partial charge in [-0.1, -0.05) is 47.0 Å². The molecule has 1 aromatic heterocycles. The third-order valence-electron chi connectivity index (χ3n) is 8.41. The molecule has 0 atom stereocenters. The van der Waals surface area contributed by atoms with Crippen LogP contribution in [0.15, 0.2) is 23.1 Å². The molecule has 2 saturated carbocycles. The third kappa shape index (κ3) is 4.68. The molecule has 2 aliphatic rings. The molecule has 0 aliphatic heterocycles. The molecule has 5 heteroatoms. The molecule has 2 fully saturated rings. The van der Waals surface area contributed by atoms with Gasteiger partial charge in [0.15, 0.2) is 0 Å². The number of hydrogen-bond acceptors (Lipinski definition) is 2. The molecule has 0 radical (unpaired) electrons. The lowest BCUT2D eigenvalue weighted by atomic mass is 9.77. The summed E-state index contributed by atoms with van der Waals surface area (Å²) in [7, 11) is -3.78. The maximum atomic E-state index is 12.5. The molecule has 0 bridgehead atoms. The number of sulfonamides is 1. The smallest absolute Gasteiger partial charge is 0.239 e. The molecule has 2 aromatic rings. The first-order valence-electron chi connectivity index (χ1n) is 12.8. The Hall–Kier alpha value is -1.59. The fourth-order valence-electron chi connectivity index (χ4n) is 6.17. The Morgan fingerprint density at radius 1 is 1.06 bits per heavy atom. The van der Waals surface area contributed by atoms with E-state index >= 15 is 0 Å². The molecule has 0 unspecified atom stereocenters. The van der Waals surface area contributed by atoms with Gasteiger partial charge >= 0.3 is 0 Å². The van der Waals surface area contributed by atoms with E-state index in [1.54, 1.807) is 0 Å². The molecule has 4 nitrogen and oxygen atoms in total. The fourth-order valence-corrected chi connectivity index (χ4v) is 6.96. The molecule has 2 aliphatic carbocycles. The predicted octanol–water partition coefficient (Wildman–Crippen LogP) is 6.74. The molecule has 0 saturated heterocycles. The fraction of sp³-hybridized carbons (Fsp3) is 0.643. The molecular weight excluding hydrogens is 428 g/mol. The Balaban J connectivity index is 1.93. The second-order valence-electron chi connectivity index (χ2n) is 11.7. The van der Waals surface area contributed by atoms with Crippen molar-refractivity contribution in [3.63, 3.8) is 0 Å². The standard InChI is InChI=1S/C28H42N2O2S/c1-7-28(13-14-28)24-16-22(15-23(19(24)2)27(4,5)6)25-17-26(33(29,31)32)20(3)30(25)18-21-11-9-8-10-12-21/h15-17,21H,7-14,18H2,1-6H3,(H2,29,31,32). The minimum atomic E-state index is -3.78.